The maximum absolute atomic E-state index is 12.5. The van der Waals surface area contributed by atoms with Crippen molar-refractivity contribution in [3.05, 3.63) is 28.8 Å². The van der Waals surface area contributed by atoms with Crippen molar-refractivity contribution in [1.82, 2.24) is 4.90 Å². The third-order valence-electron chi connectivity index (χ3n) is 3.79. The number of para-hydroxylation sites is 1. The summed E-state index contributed by atoms with van der Waals surface area (Å²) in [7, 11) is -3.29. The van der Waals surface area contributed by atoms with Crippen molar-refractivity contribution in [1.29, 1.82) is 0 Å². The summed E-state index contributed by atoms with van der Waals surface area (Å²) < 4.78 is 23.4. The summed E-state index contributed by atoms with van der Waals surface area (Å²) in [6, 6.07) is 3.63. The van der Waals surface area contributed by atoms with Gasteiger partial charge in [-0.1, -0.05) is 23.7 Å². The maximum atomic E-state index is 12.5. The molecular formula is C13H13ClN2O4S. The minimum absolute atomic E-state index is 0.0393. The van der Waals surface area contributed by atoms with Gasteiger partial charge in [0.05, 0.1) is 22.2 Å². The Morgan fingerprint density at radius 3 is 2.67 bits per heavy atom. The molecule has 0 aromatic heterocycles. The molecule has 8 heteroatoms. The Morgan fingerprint density at radius 1 is 1.29 bits per heavy atom. The van der Waals surface area contributed by atoms with E-state index in [1.54, 1.807) is 25.1 Å². The van der Waals surface area contributed by atoms with E-state index in [-0.39, 0.29) is 18.1 Å². The molecule has 2 aliphatic rings. The number of hydrogen-bond donors (Lipinski definition) is 0. The molecule has 1 atom stereocenters. The zero-order valence-corrected chi connectivity index (χ0v) is 12.8. The van der Waals surface area contributed by atoms with Crippen LogP contribution in [0.4, 0.5) is 10.5 Å². The molecule has 0 aliphatic carbocycles. The van der Waals surface area contributed by atoms with E-state index in [4.69, 9.17) is 11.6 Å². The van der Waals surface area contributed by atoms with Gasteiger partial charge in [0.25, 0.3) is 5.91 Å². The normalized spacial score (nSPS) is 24.4. The van der Waals surface area contributed by atoms with Crippen molar-refractivity contribution in [3.63, 3.8) is 0 Å². The number of sulfone groups is 1. The zero-order chi connectivity index (χ0) is 15.4. The molecular weight excluding hydrogens is 316 g/mol. The largest absolute Gasteiger partial charge is 0.332 e. The molecule has 0 bridgehead atoms. The lowest BCUT2D eigenvalue weighted by atomic mass is 10.2. The minimum atomic E-state index is -3.29. The van der Waals surface area contributed by atoms with Crippen LogP contribution in [0.5, 0.6) is 0 Å². The van der Waals surface area contributed by atoms with E-state index in [2.05, 4.69) is 0 Å². The molecule has 3 rings (SSSR count). The number of halogens is 1. The van der Waals surface area contributed by atoms with E-state index in [0.717, 1.165) is 4.90 Å². The lowest BCUT2D eigenvalue weighted by molar-refractivity contribution is -0.119. The predicted molar refractivity (Wildman–Crippen MR) is 78.2 cm³/mol. The van der Waals surface area contributed by atoms with Crippen LogP contribution in [0.15, 0.2) is 18.2 Å². The number of benzene rings is 1. The highest BCUT2D eigenvalue weighted by molar-refractivity contribution is 7.91. The van der Waals surface area contributed by atoms with Gasteiger partial charge in [-0.25, -0.2) is 18.1 Å². The molecule has 2 fully saturated rings. The van der Waals surface area contributed by atoms with E-state index in [1.807, 2.05) is 0 Å². The molecule has 0 saturated carbocycles. The molecule has 2 heterocycles. The Bertz CT molecular complexity index is 726. The van der Waals surface area contributed by atoms with E-state index in [0.29, 0.717) is 16.3 Å². The fraction of sp³-hybridized carbons (Fsp3) is 0.385. The fourth-order valence-corrected chi connectivity index (χ4v) is 4.48. The van der Waals surface area contributed by atoms with Gasteiger partial charge in [-0.15, -0.1) is 0 Å². The Labute approximate surface area is 127 Å². The number of rotatable bonds is 1. The van der Waals surface area contributed by atoms with Crippen LogP contribution in [0, 0.1) is 6.92 Å². The Morgan fingerprint density at radius 2 is 2.00 bits per heavy atom. The molecule has 0 N–H and O–H groups in total. The number of anilines is 1. The first-order valence-corrected chi connectivity index (χ1v) is 8.62. The summed E-state index contributed by atoms with van der Waals surface area (Å²) in [6.07, 6.45) is 0. The van der Waals surface area contributed by atoms with Gasteiger partial charge >= 0.3 is 6.03 Å². The first-order chi connectivity index (χ1) is 9.82. The Hall–Kier alpha value is -1.60. The highest BCUT2D eigenvalue weighted by atomic mass is 35.5. The van der Waals surface area contributed by atoms with Crippen molar-refractivity contribution in [2.24, 2.45) is 0 Å². The van der Waals surface area contributed by atoms with Gasteiger partial charge < -0.3 is 4.90 Å². The highest BCUT2D eigenvalue weighted by Crippen LogP contribution is 2.35. The number of fused-ring (bicyclic) bond motifs is 1. The smallest absolute Gasteiger partial charge is 0.310 e. The van der Waals surface area contributed by atoms with Crippen molar-refractivity contribution in [3.8, 4) is 0 Å². The number of nitrogens with zero attached hydrogens (tertiary/aromatic N) is 2. The van der Waals surface area contributed by atoms with Gasteiger partial charge in [-0.05, 0) is 18.6 Å². The van der Waals surface area contributed by atoms with Gasteiger partial charge in [0, 0.05) is 6.54 Å². The highest BCUT2D eigenvalue weighted by Gasteiger charge is 2.50. The second kappa shape index (κ2) is 4.71. The number of urea groups is 1. The van der Waals surface area contributed by atoms with Crippen molar-refractivity contribution in [2.75, 3.05) is 23.0 Å². The molecule has 1 aromatic carbocycles. The summed E-state index contributed by atoms with van der Waals surface area (Å²) in [5, 5.41) is 0.291. The van der Waals surface area contributed by atoms with Crippen LogP contribution < -0.4 is 4.90 Å². The van der Waals surface area contributed by atoms with Gasteiger partial charge in [0.1, 0.15) is 6.04 Å². The summed E-state index contributed by atoms with van der Waals surface area (Å²) in [5.41, 5.74) is 1.02. The van der Waals surface area contributed by atoms with Gasteiger partial charge in [0.2, 0.25) is 0 Å². The van der Waals surface area contributed by atoms with E-state index < -0.39 is 27.8 Å². The summed E-state index contributed by atoms with van der Waals surface area (Å²) in [5.74, 6) is -0.963. The standard InChI is InChI=1S/C13H13ClN2O4S/c1-8-3-2-4-9(14)11(8)16-12(17)10-7-21(19,20)6-5-15(10)13(16)18/h2-4,10H,5-7H2,1H3/t10-/m0/s1. The van der Waals surface area contributed by atoms with E-state index >= 15 is 0 Å². The zero-order valence-electron chi connectivity index (χ0n) is 11.2. The quantitative estimate of drug-likeness (QED) is 0.726. The SMILES string of the molecule is Cc1cccc(Cl)c1N1C(=O)[C@@H]2CS(=O)(=O)CCN2C1=O. The number of carbonyl (C=O) groups is 2. The van der Waals surface area contributed by atoms with Crippen molar-refractivity contribution < 1.29 is 18.0 Å². The molecule has 0 spiro atoms. The number of carbonyl (C=O) groups excluding carboxylic acids is 2. The van der Waals surface area contributed by atoms with Crippen LogP contribution in [0.1, 0.15) is 5.56 Å². The summed E-state index contributed by atoms with van der Waals surface area (Å²) in [6.45, 7) is 1.79. The van der Waals surface area contributed by atoms with Crippen LogP contribution in [-0.4, -0.2) is 49.3 Å². The number of amides is 3. The number of hydrogen-bond acceptors (Lipinski definition) is 4. The van der Waals surface area contributed by atoms with Gasteiger partial charge in [0.15, 0.2) is 9.84 Å². The van der Waals surface area contributed by atoms with E-state index in [9.17, 15) is 18.0 Å². The molecule has 2 saturated heterocycles. The average Bonchev–Trinajstić information content (AvgIpc) is 2.62. The van der Waals surface area contributed by atoms with Crippen molar-refractivity contribution >= 4 is 39.1 Å². The second-order valence-corrected chi connectivity index (χ2v) is 7.82. The van der Waals surface area contributed by atoms with E-state index in [1.165, 1.54) is 4.90 Å². The summed E-state index contributed by atoms with van der Waals surface area (Å²) >= 11 is 6.11. The Balaban J connectivity index is 2.06. The molecule has 1 aromatic rings. The van der Waals surface area contributed by atoms with Gasteiger partial charge in [-0.3, -0.25) is 4.79 Å². The van der Waals surface area contributed by atoms with Gasteiger partial charge in [-0.2, -0.15) is 0 Å². The second-order valence-electron chi connectivity index (χ2n) is 5.19. The lowest BCUT2D eigenvalue weighted by Gasteiger charge is -2.26. The first kappa shape index (κ1) is 14.3. The number of imide groups is 1. The fourth-order valence-electron chi connectivity index (χ4n) is 2.72. The maximum Gasteiger partial charge on any atom is 0.332 e. The van der Waals surface area contributed by atoms with Crippen LogP contribution in [0.25, 0.3) is 0 Å². The topological polar surface area (TPSA) is 74.8 Å². The van der Waals surface area contributed by atoms with Crippen LogP contribution in [0.3, 0.4) is 0 Å². The molecule has 2 aliphatic heterocycles. The molecule has 21 heavy (non-hydrogen) atoms. The molecule has 6 nitrogen and oxygen atoms in total. The van der Waals surface area contributed by atoms with Crippen LogP contribution in [0.2, 0.25) is 5.02 Å². The third-order valence-corrected chi connectivity index (χ3v) is 5.72. The molecule has 0 unspecified atom stereocenters. The molecule has 112 valence electrons. The van der Waals surface area contributed by atoms with Crippen molar-refractivity contribution in [2.45, 2.75) is 13.0 Å². The Kier molecular flexibility index (Phi) is 3.22. The lowest BCUT2D eigenvalue weighted by Crippen LogP contribution is -2.48. The third kappa shape index (κ3) is 2.20. The minimum Gasteiger partial charge on any atom is -0.310 e. The summed E-state index contributed by atoms with van der Waals surface area (Å²) in [4.78, 5) is 27.2. The first-order valence-electron chi connectivity index (χ1n) is 6.42. The molecule has 0 radical (unpaired) electrons. The monoisotopic (exact) mass is 328 g/mol. The van der Waals surface area contributed by atoms with Crippen LogP contribution in [-0.2, 0) is 14.6 Å². The average molecular weight is 329 g/mol. The van der Waals surface area contributed by atoms with Crippen LogP contribution >= 0.6 is 11.6 Å². The number of aryl methyl sites for hydroxylation is 1. The molecule has 3 amide bonds. The predicted octanol–water partition coefficient (Wildman–Crippen LogP) is 1.21.